The van der Waals surface area contributed by atoms with Crippen LogP contribution in [0.1, 0.15) is 5.76 Å². The number of hydrogen-bond acceptors (Lipinski definition) is 4. The van der Waals surface area contributed by atoms with Crippen LogP contribution < -0.4 is 5.56 Å². The molecule has 0 saturated heterocycles. The van der Waals surface area contributed by atoms with Gasteiger partial charge in [0.1, 0.15) is 5.76 Å². The number of aromatic nitrogens is 2. The second-order valence-electron chi connectivity index (χ2n) is 4.83. The van der Waals surface area contributed by atoms with E-state index in [1.165, 1.54) is 11.8 Å². The van der Waals surface area contributed by atoms with E-state index in [0.29, 0.717) is 39.1 Å². The molecule has 7 heteroatoms. The third-order valence-electron chi connectivity index (χ3n) is 3.13. The molecular formula is C16H12BrClN2O2S. The summed E-state index contributed by atoms with van der Waals surface area (Å²) in [6, 6.07) is 8.71. The molecule has 2 aromatic heterocycles. The van der Waals surface area contributed by atoms with Gasteiger partial charge >= 0.3 is 0 Å². The molecule has 118 valence electrons. The van der Waals surface area contributed by atoms with Crippen LogP contribution in [0.25, 0.3) is 10.9 Å². The fourth-order valence-electron chi connectivity index (χ4n) is 2.12. The zero-order chi connectivity index (χ0) is 16.4. The zero-order valence-corrected chi connectivity index (χ0v) is 15.1. The molecule has 1 aromatic carbocycles. The second kappa shape index (κ2) is 6.95. The van der Waals surface area contributed by atoms with E-state index in [-0.39, 0.29) is 5.56 Å². The van der Waals surface area contributed by atoms with Crippen LogP contribution in [0.2, 0.25) is 5.02 Å². The Balaban J connectivity index is 2.14. The summed E-state index contributed by atoms with van der Waals surface area (Å²) in [5.74, 6) is 1.30. The van der Waals surface area contributed by atoms with E-state index in [4.69, 9.17) is 16.0 Å². The average molecular weight is 412 g/mol. The molecule has 0 aliphatic carbocycles. The van der Waals surface area contributed by atoms with Crippen LogP contribution in [0.4, 0.5) is 0 Å². The minimum Gasteiger partial charge on any atom is -0.467 e. The van der Waals surface area contributed by atoms with Crippen molar-refractivity contribution in [2.75, 3.05) is 5.75 Å². The Morgan fingerprint density at radius 3 is 2.96 bits per heavy atom. The predicted molar refractivity (Wildman–Crippen MR) is 97.6 cm³/mol. The summed E-state index contributed by atoms with van der Waals surface area (Å²) in [6.07, 6.45) is 1.59. The third kappa shape index (κ3) is 3.71. The lowest BCUT2D eigenvalue weighted by Gasteiger charge is -2.12. The van der Waals surface area contributed by atoms with Crippen LogP contribution in [-0.2, 0) is 6.54 Å². The standard InChI is InChI=1S/C16H12BrClN2O2S/c1-10(17)9-23-16-19-14-7-11(18)4-5-13(14)15(21)20(16)8-12-3-2-6-22-12/h2-7H,1,8-9H2. The molecule has 23 heavy (non-hydrogen) atoms. The average Bonchev–Trinajstić information content (AvgIpc) is 3.01. The van der Waals surface area contributed by atoms with Crippen molar-refractivity contribution in [3.05, 3.63) is 68.8 Å². The monoisotopic (exact) mass is 410 g/mol. The molecule has 2 heterocycles. The first-order valence-electron chi connectivity index (χ1n) is 6.73. The van der Waals surface area contributed by atoms with Gasteiger partial charge in [-0.2, -0.15) is 0 Å². The summed E-state index contributed by atoms with van der Waals surface area (Å²) in [5.41, 5.74) is 0.464. The van der Waals surface area contributed by atoms with E-state index < -0.39 is 0 Å². The number of thioether (sulfide) groups is 1. The molecule has 0 N–H and O–H groups in total. The van der Waals surface area contributed by atoms with Crippen LogP contribution in [0.15, 0.2) is 62.0 Å². The molecule has 4 nitrogen and oxygen atoms in total. The minimum absolute atomic E-state index is 0.120. The lowest BCUT2D eigenvalue weighted by molar-refractivity contribution is 0.476. The van der Waals surface area contributed by atoms with Gasteiger partial charge in [-0.1, -0.05) is 45.9 Å². The van der Waals surface area contributed by atoms with Crippen LogP contribution >= 0.6 is 39.3 Å². The first-order chi connectivity index (χ1) is 11.0. The molecule has 0 spiro atoms. The molecule has 0 radical (unpaired) electrons. The molecule has 0 aliphatic rings. The fourth-order valence-corrected chi connectivity index (χ4v) is 3.39. The largest absolute Gasteiger partial charge is 0.467 e. The van der Waals surface area contributed by atoms with Crippen molar-refractivity contribution in [3.8, 4) is 0 Å². The van der Waals surface area contributed by atoms with Gasteiger partial charge in [-0.3, -0.25) is 9.36 Å². The van der Waals surface area contributed by atoms with E-state index in [1.807, 2.05) is 6.07 Å². The maximum Gasteiger partial charge on any atom is 0.262 e. The van der Waals surface area contributed by atoms with Crippen molar-refractivity contribution in [2.24, 2.45) is 0 Å². The predicted octanol–water partition coefficient (Wildman–Crippen LogP) is 4.69. The van der Waals surface area contributed by atoms with Gasteiger partial charge in [-0.25, -0.2) is 4.98 Å². The van der Waals surface area contributed by atoms with Crippen molar-refractivity contribution in [1.29, 1.82) is 0 Å². The number of benzene rings is 1. The SMILES string of the molecule is C=C(Br)CSc1nc2cc(Cl)ccc2c(=O)n1Cc1ccco1. The van der Waals surface area contributed by atoms with E-state index in [0.717, 1.165) is 4.48 Å². The van der Waals surface area contributed by atoms with Crippen molar-refractivity contribution in [2.45, 2.75) is 11.7 Å². The van der Waals surface area contributed by atoms with Gasteiger partial charge in [0.15, 0.2) is 5.16 Å². The number of furan rings is 1. The molecule has 3 aromatic rings. The number of halogens is 2. The third-order valence-corrected chi connectivity index (χ3v) is 5.08. The Kier molecular flexibility index (Phi) is 4.94. The van der Waals surface area contributed by atoms with E-state index in [2.05, 4.69) is 27.5 Å². The Bertz CT molecular complexity index is 922. The zero-order valence-electron chi connectivity index (χ0n) is 12.0. The molecular weight excluding hydrogens is 400 g/mol. The number of fused-ring (bicyclic) bond motifs is 1. The first-order valence-corrected chi connectivity index (χ1v) is 8.89. The van der Waals surface area contributed by atoms with Crippen molar-refractivity contribution in [3.63, 3.8) is 0 Å². The Labute approximate surface area is 150 Å². The van der Waals surface area contributed by atoms with Crippen molar-refractivity contribution < 1.29 is 4.42 Å². The summed E-state index contributed by atoms with van der Waals surface area (Å²) in [6.45, 7) is 4.14. The van der Waals surface area contributed by atoms with Crippen molar-refractivity contribution in [1.82, 2.24) is 9.55 Å². The van der Waals surface area contributed by atoms with Crippen LogP contribution in [-0.4, -0.2) is 15.3 Å². The van der Waals surface area contributed by atoms with Crippen LogP contribution in [0.5, 0.6) is 0 Å². The topological polar surface area (TPSA) is 48.0 Å². The highest BCUT2D eigenvalue weighted by Gasteiger charge is 2.13. The molecule has 0 unspecified atom stereocenters. The van der Waals surface area contributed by atoms with Gasteiger partial charge in [0.05, 0.1) is 23.7 Å². The van der Waals surface area contributed by atoms with Gasteiger partial charge < -0.3 is 4.42 Å². The number of rotatable bonds is 5. The molecule has 0 atom stereocenters. The lowest BCUT2D eigenvalue weighted by Crippen LogP contribution is -2.24. The number of nitrogens with zero attached hydrogens (tertiary/aromatic N) is 2. The summed E-state index contributed by atoms with van der Waals surface area (Å²) in [5, 5.41) is 1.68. The van der Waals surface area contributed by atoms with E-state index in [1.54, 1.807) is 35.1 Å². The molecule has 3 rings (SSSR count). The van der Waals surface area contributed by atoms with Gasteiger partial charge in [0, 0.05) is 10.8 Å². The maximum absolute atomic E-state index is 12.8. The molecule has 0 bridgehead atoms. The van der Waals surface area contributed by atoms with Crippen molar-refractivity contribution >= 4 is 50.2 Å². The van der Waals surface area contributed by atoms with Gasteiger partial charge in [-0.15, -0.1) is 0 Å². The van der Waals surface area contributed by atoms with Crippen LogP contribution in [0, 0.1) is 0 Å². The minimum atomic E-state index is -0.120. The van der Waals surface area contributed by atoms with Gasteiger partial charge in [-0.05, 0) is 34.8 Å². The Morgan fingerprint density at radius 2 is 2.26 bits per heavy atom. The highest BCUT2D eigenvalue weighted by atomic mass is 79.9. The van der Waals surface area contributed by atoms with E-state index in [9.17, 15) is 4.79 Å². The van der Waals surface area contributed by atoms with E-state index >= 15 is 0 Å². The first kappa shape index (κ1) is 16.4. The summed E-state index contributed by atoms with van der Waals surface area (Å²) in [7, 11) is 0. The normalized spacial score (nSPS) is 11.0. The molecule has 0 fully saturated rings. The Hall–Kier alpha value is -1.50. The Morgan fingerprint density at radius 1 is 1.43 bits per heavy atom. The van der Waals surface area contributed by atoms with Gasteiger partial charge in [0.25, 0.3) is 5.56 Å². The second-order valence-corrected chi connectivity index (χ2v) is 7.33. The molecule has 0 saturated carbocycles. The smallest absolute Gasteiger partial charge is 0.262 e. The summed E-state index contributed by atoms with van der Waals surface area (Å²) < 4.78 is 7.79. The van der Waals surface area contributed by atoms with Crippen LogP contribution in [0.3, 0.4) is 0 Å². The highest BCUT2D eigenvalue weighted by molar-refractivity contribution is 9.11. The molecule has 0 aliphatic heterocycles. The lowest BCUT2D eigenvalue weighted by atomic mass is 10.2. The quantitative estimate of drug-likeness (QED) is 0.451. The fraction of sp³-hybridized carbons (Fsp3) is 0.125. The number of hydrogen-bond donors (Lipinski definition) is 0. The highest BCUT2D eigenvalue weighted by Crippen LogP contribution is 2.23. The maximum atomic E-state index is 12.8. The van der Waals surface area contributed by atoms with Gasteiger partial charge in [0.2, 0.25) is 0 Å². The molecule has 0 amide bonds. The summed E-state index contributed by atoms with van der Waals surface area (Å²) >= 11 is 10.8. The summed E-state index contributed by atoms with van der Waals surface area (Å²) in [4.78, 5) is 17.4.